The Morgan fingerprint density at radius 1 is 1.19 bits per heavy atom. The van der Waals surface area contributed by atoms with Gasteiger partial charge in [0.1, 0.15) is 11.3 Å². The first kappa shape index (κ1) is 21.7. The molecule has 27 heavy (non-hydrogen) atoms. The van der Waals surface area contributed by atoms with Crippen LogP contribution in [-0.2, 0) is 19.1 Å². The number of nitrogens with zero attached hydrogens (tertiary/aromatic N) is 1. The highest BCUT2D eigenvalue weighted by atomic mass is 32.2. The van der Waals surface area contributed by atoms with Crippen molar-refractivity contribution in [2.24, 2.45) is 5.92 Å². The number of anilines is 1. The van der Waals surface area contributed by atoms with Crippen molar-refractivity contribution < 1.29 is 19.1 Å². The van der Waals surface area contributed by atoms with E-state index in [0.29, 0.717) is 13.2 Å². The maximum Gasteiger partial charge on any atom is 0.334 e. The topological polar surface area (TPSA) is 55.8 Å². The number of esters is 2. The molecule has 1 aliphatic rings. The van der Waals surface area contributed by atoms with Crippen LogP contribution in [0.25, 0.3) is 0 Å². The summed E-state index contributed by atoms with van der Waals surface area (Å²) in [6, 6.07) is 7.73. The van der Waals surface area contributed by atoms with Gasteiger partial charge in [-0.05, 0) is 25.0 Å². The third-order valence-electron chi connectivity index (χ3n) is 4.25. The second-order valence-corrected chi connectivity index (χ2v) is 7.92. The van der Waals surface area contributed by atoms with E-state index >= 15 is 0 Å². The number of carbonyl (C=O) groups excluding carboxylic acids is 2. The van der Waals surface area contributed by atoms with Gasteiger partial charge in [-0.15, -0.1) is 0 Å². The van der Waals surface area contributed by atoms with Gasteiger partial charge in [0.25, 0.3) is 0 Å². The third-order valence-corrected chi connectivity index (χ3v) is 6.19. The number of benzene rings is 1. The molecule has 148 valence electrons. The number of fused-ring (bicyclic) bond motifs is 1. The first-order valence-corrected chi connectivity index (χ1v) is 10.6. The Bertz CT molecular complexity index is 680. The van der Waals surface area contributed by atoms with Gasteiger partial charge in [-0.25, -0.2) is 4.79 Å². The largest absolute Gasteiger partial charge is 0.465 e. The summed E-state index contributed by atoms with van der Waals surface area (Å²) in [5, 5.41) is -0.425. The molecule has 0 saturated carbocycles. The fraction of sp³-hybridized carbons (Fsp3) is 0.500. The highest BCUT2D eigenvalue weighted by Crippen LogP contribution is 2.48. The van der Waals surface area contributed by atoms with Crippen molar-refractivity contribution in [3.63, 3.8) is 0 Å². The van der Waals surface area contributed by atoms with Gasteiger partial charge in [-0.3, -0.25) is 4.79 Å². The number of hydrogen-bond donors (Lipinski definition) is 1. The molecule has 5 nitrogen and oxygen atoms in total. The van der Waals surface area contributed by atoms with E-state index in [1.807, 2.05) is 38.1 Å². The summed E-state index contributed by atoms with van der Waals surface area (Å²) < 4.78 is 12.4. The van der Waals surface area contributed by atoms with Crippen LogP contribution in [0, 0.1) is 5.92 Å². The number of thioether (sulfide) groups is 1. The minimum Gasteiger partial charge on any atom is -0.465 e. The molecule has 0 spiro atoms. The molecule has 0 fully saturated rings. The van der Waals surface area contributed by atoms with Gasteiger partial charge in [-0.1, -0.05) is 70.0 Å². The number of carbonyl (C=O) groups is 2. The van der Waals surface area contributed by atoms with Crippen molar-refractivity contribution in [3.05, 3.63) is 36.4 Å². The first-order chi connectivity index (χ1) is 13.0. The summed E-state index contributed by atoms with van der Waals surface area (Å²) in [6.07, 6.45) is 3.38. The fourth-order valence-corrected chi connectivity index (χ4v) is 4.49. The average Bonchev–Trinajstić information content (AvgIpc) is 2.99. The van der Waals surface area contributed by atoms with Gasteiger partial charge in [-0.2, -0.15) is 0 Å². The molecular formula is C20H27NO4S2. The van der Waals surface area contributed by atoms with Gasteiger partial charge >= 0.3 is 11.9 Å². The maximum atomic E-state index is 12.8. The zero-order chi connectivity index (χ0) is 19.8. The number of hydrogen-bond acceptors (Lipinski definition) is 7. The van der Waals surface area contributed by atoms with Gasteiger partial charge in [0, 0.05) is 10.5 Å². The van der Waals surface area contributed by atoms with E-state index in [0.717, 1.165) is 36.3 Å². The Kier molecular flexibility index (Phi) is 8.57. The molecule has 0 radical (unpaired) electrons. The second kappa shape index (κ2) is 10.7. The van der Waals surface area contributed by atoms with E-state index in [9.17, 15) is 9.59 Å². The number of unbranched alkanes of at least 4 members (excludes halogenated alkanes) is 2. The zero-order valence-electron chi connectivity index (χ0n) is 15.8. The van der Waals surface area contributed by atoms with Crippen LogP contribution >= 0.6 is 24.6 Å². The van der Waals surface area contributed by atoms with E-state index in [4.69, 9.17) is 9.47 Å². The fourth-order valence-electron chi connectivity index (χ4n) is 2.64. The summed E-state index contributed by atoms with van der Waals surface area (Å²) in [5.74, 6) is -1.88. The highest BCUT2D eigenvalue weighted by Gasteiger charge is 2.43. The minimum atomic E-state index is -0.856. The molecule has 1 aromatic rings. The maximum absolute atomic E-state index is 12.8. The molecular weight excluding hydrogens is 382 g/mol. The lowest BCUT2D eigenvalue weighted by Crippen LogP contribution is -2.38. The van der Waals surface area contributed by atoms with Crippen molar-refractivity contribution in [2.45, 2.75) is 49.8 Å². The average molecular weight is 410 g/mol. The molecule has 1 aromatic carbocycles. The molecule has 0 N–H and O–H groups in total. The molecule has 2 rings (SSSR count). The van der Waals surface area contributed by atoms with Gasteiger partial charge in [0.2, 0.25) is 0 Å². The van der Waals surface area contributed by atoms with Crippen LogP contribution in [0.3, 0.4) is 0 Å². The molecule has 0 saturated heterocycles. The Morgan fingerprint density at radius 3 is 2.44 bits per heavy atom. The lowest BCUT2D eigenvalue weighted by atomic mass is 10.00. The standard InChI is InChI=1S/C20H27NO4S2/c1-4-6-12-24-19(22)14(3)17(20(23)25-13-7-5-2)18-21(26)15-10-8-9-11-16(15)27-18/h8-11,17-18,26H,3-7,12-13H2,1-2H3/t17?,18-/m0/s1. The van der Waals surface area contributed by atoms with Crippen molar-refractivity contribution in [1.82, 2.24) is 0 Å². The molecule has 1 unspecified atom stereocenters. The Balaban J connectivity index is 2.18. The molecule has 2 atom stereocenters. The van der Waals surface area contributed by atoms with Crippen LogP contribution in [0.5, 0.6) is 0 Å². The molecule has 1 heterocycles. The summed E-state index contributed by atoms with van der Waals surface area (Å²) >= 11 is 6.04. The summed E-state index contributed by atoms with van der Waals surface area (Å²) in [4.78, 5) is 26.3. The molecule has 7 heteroatoms. The quantitative estimate of drug-likeness (QED) is 0.263. The zero-order valence-corrected chi connectivity index (χ0v) is 17.6. The SMILES string of the molecule is C=C(C(=O)OCCCC)C(C(=O)OCCCC)[C@@H]1Sc2ccccc2N1S. The first-order valence-electron chi connectivity index (χ1n) is 9.27. The Morgan fingerprint density at radius 2 is 1.81 bits per heavy atom. The lowest BCUT2D eigenvalue weighted by molar-refractivity contribution is -0.150. The van der Waals surface area contributed by atoms with Crippen LogP contribution in [0.1, 0.15) is 39.5 Å². The summed E-state index contributed by atoms with van der Waals surface area (Å²) in [7, 11) is 0. The van der Waals surface area contributed by atoms with Crippen LogP contribution in [-0.4, -0.2) is 30.5 Å². The third kappa shape index (κ3) is 5.45. The van der Waals surface area contributed by atoms with E-state index in [1.165, 1.54) is 11.8 Å². The molecule has 0 aromatic heterocycles. The molecule has 0 aliphatic carbocycles. The smallest absolute Gasteiger partial charge is 0.334 e. The molecule has 0 amide bonds. The number of para-hydroxylation sites is 1. The molecule has 1 aliphatic heterocycles. The molecule has 0 bridgehead atoms. The van der Waals surface area contributed by atoms with Gasteiger partial charge in [0.15, 0.2) is 0 Å². The predicted octanol–water partition coefficient (Wildman–Crippen LogP) is 4.63. The van der Waals surface area contributed by atoms with Crippen LogP contribution in [0.4, 0.5) is 5.69 Å². The van der Waals surface area contributed by atoms with E-state index in [-0.39, 0.29) is 5.57 Å². The predicted molar refractivity (Wildman–Crippen MR) is 112 cm³/mol. The second-order valence-electron chi connectivity index (χ2n) is 6.33. The summed E-state index contributed by atoms with van der Waals surface area (Å²) in [5.41, 5.74) is 1.01. The lowest BCUT2D eigenvalue weighted by Gasteiger charge is -2.28. The van der Waals surface area contributed by atoms with Crippen LogP contribution in [0.15, 0.2) is 41.3 Å². The van der Waals surface area contributed by atoms with E-state index < -0.39 is 23.2 Å². The minimum absolute atomic E-state index is 0.108. The number of rotatable bonds is 10. The monoisotopic (exact) mass is 409 g/mol. The Hall–Kier alpha value is -1.60. The van der Waals surface area contributed by atoms with Gasteiger partial charge < -0.3 is 13.8 Å². The van der Waals surface area contributed by atoms with Crippen molar-refractivity contribution in [3.8, 4) is 0 Å². The van der Waals surface area contributed by atoms with E-state index in [1.54, 1.807) is 4.31 Å². The number of ether oxygens (including phenoxy) is 2. The van der Waals surface area contributed by atoms with Crippen LogP contribution in [0.2, 0.25) is 0 Å². The van der Waals surface area contributed by atoms with E-state index in [2.05, 4.69) is 19.4 Å². The van der Waals surface area contributed by atoms with Crippen molar-refractivity contribution in [1.29, 1.82) is 0 Å². The number of thiol groups is 1. The highest BCUT2D eigenvalue weighted by molar-refractivity contribution is 8.01. The normalized spacial score (nSPS) is 16.6. The van der Waals surface area contributed by atoms with Gasteiger partial charge in [0.05, 0.1) is 18.9 Å². The Labute approximate surface area is 171 Å². The summed E-state index contributed by atoms with van der Waals surface area (Å²) in [6.45, 7) is 8.55. The van der Waals surface area contributed by atoms with Crippen molar-refractivity contribution >= 4 is 42.2 Å². The van der Waals surface area contributed by atoms with Crippen molar-refractivity contribution in [2.75, 3.05) is 17.5 Å². The van der Waals surface area contributed by atoms with Crippen LogP contribution < -0.4 is 4.31 Å².